The van der Waals surface area contributed by atoms with Crippen molar-refractivity contribution >= 4 is 16.7 Å². The second-order valence-corrected chi connectivity index (χ2v) is 9.22. The summed E-state index contributed by atoms with van der Waals surface area (Å²) >= 11 is 0. The molecule has 35 heavy (non-hydrogen) atoms. The van der Waals surface area contributed by atoms with Crippen LogP contribution in [0.3, 0.4) is 0 Å². The fraction of sp³-hybridized carbons (Fsp3) is 0.379. The second-order valence-electron chi connectivity index (χ2n) is 7.86. The number of benzene rings is 1. The van der Waals surface area contributed by atoms with E-state index < -0.39 is 17.3 Å². The Labute approximate surface area is 213 Å². The minimum Gasteiger partial charge on any atom is -0.499 e. The van der Waals surface area contributed by atoms with Crippen LogP contribution in [0.1, 0.15) is 59.4 Å². The van der Waals surface area contributed by atoms with Gasteiger partial charge in [0.15, 0.2) is 17.3 Å². The van der Waals surface area contributed by atoms with Crippen LogP contribution in [0.15, 0.2) is 82.7 Å². The van der Waals surface area contributed by atoms with Gasteiger partial charge in [0.2, 0.25) is 0 Å². The molecule has 1 rings (SSSR count). The Kier molecular flexibility index (Phi) is 13.7. The molecule has 0 radical (unpaired) electrons. The van der Waals surface area contributed by atoms with E-state index in [2.05, 4.69) is 12.5 Å². The summed E-state index contributed by atoms with van der Waals surface area (Å²) in [6, 6.07) is 7.61. The molecule has 0 aromatic heterocycles. The highest BCUT2D eigenvalue weighted by molar-refractivity contribution is 7.90. The Bertz CT molecular complexity index is 1040. The van der Waals surface area contributed by atoms with Crippen molar-refractivity contribution in [2.75, 3.05) is 10.9 Å². The molecule has 0 heterocycles. The molecule has 2 N–H and O–H groups in total. The molecule has 1 aromatic carbocycles. The van der Waals surface area contributed by atoms with E-state index in [1.807, 2.05) is 65.0 Å². The summed E-state index contributed by atoms with van der Waals surface area (Å²) in [7, 11) is -1.60. The van der Waals surface area contributed by atoms with Crippen LogP contribution in [0.5, 0.6) is 0 Å². The molecule has 0 fully saturated rings. The molecule has 5 nitrogen and oxygen atoms in total. The first-order valence-corrected chi connectivity index (χ1v) is 13.0. The number of aliphatic hydroxyl groups excluding tert-OH is 1. The summed E-state index contributed by atoms with van der Waals surface area (Å²) < 4.78 is 20.9. The Hall–Kier alpha value is -2.85. The van der Waals surface area contributed by atoms with E-state index in [1.165, 1.54) is 0 Å². The lowest BCUT2D eigenvalue weighted by Gasteiger charge is -2.23. The molecule has 0 aliphatic rings. The SMILES string of the molecule is C#CC(=C\C(=C/C)S(=O)N(C=C)c1ccccc1CCCC(O)O)/C(CC)=C(C)/C=C(\C)OCC. The number of aryl methyl sites for hydroxylation is 1. The summed E-state index contributed by atoms with van der Waals surface area (Å²) in [4.78, 5) is 0.558. The molecule has 190 valence electrons. The molecule has 0 aliphatic carbocycles. The number of terminal acetylenes is 1. The number of para-hydroxylation sites is 1. The third kappa shape index (κ3) is 9.37. The standard InChI is InChI=1S/C29H39NO4S/c1-8-24(27(10-3)22(6)20-23(7)34-12-5)21-26(9-2)35(33)30(11-4)28-18-14-13-16-25(28)17-15-19-29(31)32/h1,9,11,13-14,16,18,20-21,29,31-32H,4,10,12,15,17,19H2,2-3,5-7H3/b23-20+,24-21+,26-9+,27-22+. The van der Waals surface area contributed by atoms with Gasteiger partial charge < -0.3 is 14.9 Å². The lowest BCUT2D eigenvalue weighted by molar-refractivity contribution is -0.0461. The van der Waals surface area contributed by atoms with Crippen molar-refractivity contribution in [2.45, 2.75) is 66.6 Å². The number of anilines is 1. The first-order valence-electron chi connectivity index (χ1n) is 11.9. The predicted octanol–water partition coefficient (Wildman–Crippen LogP) is 6.06. The zero-order chi connectivity index (χ0) is 26.4. The van der Waals surface area contributed by atoms with E-state index in [-0.39, 0.29) is 6.42 Å². The molecular weight excluding hydrogens is 458 g/mol. The van der Waals surface area contributed by atoms with Crippen LogP contribution < -0.4 is 4.31 Å². The van der Waals surface area contributed by atoms with E-state index >= 15 is 0 Å². The maximum absolute atomic E-state index is 13.7. The minimum absolute atomic E-state index is 0.266. The van der Waals surface area contributed by atoms with E-state index in [4.69, 9.17) is 11.2 Å². The van der Waals surface area contributed by atoms with Crippen LogP contribution in [-0.2, 0) is 22.1 Å². The molecule has 1 unspecified atom stereocenters. The van der Waals surface area contributed by atoms with Crippen LogP contribution in [0.4, 0.5) is 5.69 Å². The Morgan fingerprint density at radius 1 is 1.26 bits per heavy atom. The zero-order valence-electron chi connectivity index (χ0n) is 21.6. The first-order chi connectivity index (χ1) is 16.7. The van der Waals surface area contributed by atoms with Gasteiger partial charge in [-0.25, -0.2) is 4.21 Å². The first kappa shape index (κ1) is 30.2. The van der Waals surface area contributed by atoms with Crippen LogP contribution >= 0.6 is 0 Å². The normalized spacial score (nSPS) is 14.3. The van der Waals surface area contributed by atoms with Gasteiger partial charge in [0.05, 0.1) is 23.0 Å². The van der Waals surface area contributed by atoms with Gasteiger partial charge in [0.25, 0.3) is 0 Å². The fourth-order valence-electron chi connectivity index (χ4n) is 3.72. The Morgan fingerprint density at radius 3 is 2.49 bits per heavy atom. The van der Waals surface area contributed by atoms with Gasteiger partial charge in [-0.2, -0.15) is 0 Å². The molecule has 0 aliphatic heterocycles. The molecule has 0 saturated heterocycles. The molecule has 0 saturated carbocycles. The summed E-state index contributed by atoms with van der Waals surface area (Å²) in [6.45, 7) is 14.2. The van der Waals surface area contributed by atoms with Gasteiger partial charge >= 0.3 is 0 Å². The highest BCUT2D eigenvalue weighted by Crippen LogP contribution is 2.28. The van der Waals surface area contributed by atoms with Crippen molar-refractivity contribution in [3.8, 4) is 12.3 Å². The number of hydrogen-bond donors (Lipinski definition) is 2. The summed E-state index contributed by atoms with van der Waals surface area (Å²) in [5.74, 6) is 3.58. The van der Waals surface area contributed by atoms with Gasteiger partial charge in [-0.05, 0) is 88.3 Å². The lowest BCUT2D eigenvalue weighted by atomic mass is 9.97. The number of ether oxygens (including phenoxy) is 1. The summed E-state index contributed by atoms with van der Waals surface area (Å²) in [5.41, 5.74) is 4.35. The van der Waals surface area contributed by atoms with Crippen LogP contribution in [0, 0.1) is 12.3 Å². The second kappa shape index (κ2) is 15.9. The van der Waals surface area contributed by atoms with Gasteiger partial charge in [-0.3, -0.25) is 4.31 Å². The summed E-state index contributed by atoms with van der Waals surface area (Å²) in [6.07, 6.45) is 13.8. The van der Waals surface area contributed by atoms with E-state index in [9.17, 15) is 14.4 Å². The average Bonchev–Trinajstić information content (AvgIpc) is 2.82. The van der Waals surface area contributed by atoms with Gasteiger partial charge in [-0.15, -0.1) is 6.42 Å². The van der Waals surface area contributed by atoms with Crippen molar-refractivity contribution in [1.29, 1.82) is 0 Å². The number of nitrogens with zero attached hydrogens (tertiary/aromatic N) is 1. The fourth-order valence-corrected chi connectivity index (χ4v) is 4.86. The molecule has 0 spiro atoms. The van der Waals surface area contributed by atoms with E-state index in [0.29, 0.717) is 36.3 Å². The number of aliphatic hydroxyl groups is 2. The molecule has 1 atom stereocenters. The zero-order valence-corrected chi connectivity index (χ0v) is 22.4. The molecular formula is C29H39NO4S. The third-order valence-corrected chi connectivity index (χ3v) is 6.82. The molecule has 0 amide bonds. The van der Waals surface area contributed by atoms with Crippen molar-refractivity contribution in [3.63, 3.8) is 0 Å². The van der Waals surface area contributed by atoms with Crippen LogP contribution in [-0.4, -0.2) is 27.3 Å². The smallest absolute Gasteiger partial charge is 0.156 e. The number of rotatable bonds is 14. The van der Waals surface area contributed by atoms with Gasteiger partial charge in [0.1, 0.15) is 0 Å². The highest BCUT2D eigenvalue weighted by atomic mass is 32.2. The van der Waals surface area contributed by atoms with Crippen LogP contribution in [0.25, 0.3) is 0 Å². The maximum atomic E-state index is 13.7. The predicted molar refractivity (Wildman–Crippen MR) is 147 cm³/mol. The molecule has 6 heteroatoms. The van der Waals surface area contributed by atoms with E-state index in [0.717, 1.165) is 28.2 Å². The van der Waals surface area contributed by atoms with Crippen molar-refractivity contribution in [1.82, 2.24) is 0 Å². The molecule has 0 bridgehead atoms. The van der Waals surface area contributed by atoms with Crippen molar-refractivity contribution in [2.24, 2.45) is 0 Å². The third-order valence-electron chi connectivity index (χ3n) is 5.36. The Balaban J connectivity index is 3.39. The van der Waals surface area contributed by atoms with Gasteiger partial charge in [-0.1, -0.05) is 43.7 Å². The maximum Gasteiger partial charge on any atom is 0.156 e. The van der Waals surface area contributed by atoms with Crippen molar-refractivity contribution < 1.29 is 19.2 Å². The van der Waals surface area contributed by atoms with Gasteiger partial charge in [0, 0.05) is 11.8 Å². The van der Waals surface area contributed by atoms with Crippen LogP contribution in [0.2, 0.25) is 0 Å². The van der Waals surface area contributed by atoms with E-state index in [1.54, 1.807) is 22.7 Å². The quantitative estimate of drug-likeness (QED) is 0.142. The number of hydrogen-bond acceptors (Lipinski definition) is 4. The van der Waals surface area contributed by atoms with Crippen molar-refractivity contribution in [3.05, 3.63) is 88.2 Å². The number of allylic oxidation sites excluding steroid dienone is 7. The minimum atomic E-state index is -1.60. The highest BCUT2D eigenvalue weighted by Gasteiger charge is 2.18. The topological polar surface area (TPSA) is 70.0 Å². The Morgan fingerprint density at radius 2 is 1.94 bits per heavy atom. The monoisotopic (exact) mass is 497 g/mol. The molecule has 1 aromatic rings. The average molecular weight is 498 g/mol. The largest absolute Gasteiger partial charge is 0.499 e. The summed E-state index contributed by atoms with van der Waals surface area (Å²) in [5, 5.41) is 18.3. The lowest BCUT2D eigenvalue weighted by Crippen LogP contribution is -2.21.